The van der Waals surface area contributed by atoms with Crippen LogP contribution in [0.3, 0.4) is 0 Å². The van der Waals surface area contributed by atoms with E-state index >= 15 is 0 Å². The van der Waals surface area contributed by atoms with Crippen LogP contribution in [-0.2, 0) is 19.6 Å². The zero-order chi connectivity index (χ0) is 18.3. The molecule has 0 bridgehead atoms. The van der Waals surface area contributed by atoms with Gasteiger partial charge in [0, 0.05) is 0 Å². The van der Waals surface area contributed by atoms with Crippen molar-refractivity contribution in [3.05, 3.63) is 108 Å². The lowest BCUT2D eigenvalue weighted by atomic mass is 10.0. The highest BCUT2D eigenvalue weighted by molar-refractivity contribution is 5.34. The van der Waals surface area contributed by atoms with Gasteiger partial charge in [-0.2, -0.15) is 0 Å². The van der Waals surface area contributed by atoms with E-state index in [2.05, 4.69) is 24.3 Å². The maximum Gasteiger partial charge on any atom is 0.146 e. The molecule has 0 radical (unpaired) electrons. The lowest BCUT2D eigenvalue weighted by molar-refractivity contribution is 0.270. The Labute approximate surface area is 158 Å². The topological polar surface area (TPSA) is 44.7 Å². The van der Waals surface area contributed by atoms with Crippen LogP contribution in [0.5, 0.6) is 11.5 Å². The summed E-state index contributed by atoms with van der Waals surface area (Å²) in [6.45, 7) is 0.873. The number of ether oxygens (including phenoxy) is 2. The average molecular weight is 360 g/mol. The van der Waals surface area contributed by atoms with Gasteiger partial charge in [0.25, 0.3) is 0 Å². The highest BCUT2D eigenvalue weighted by Gasteiger charge is 2.02. The van der Waals surface area contributed by atoms with E-state index in [0.29, 0.717) is 13.2 Å². The third-order valence-corrected chi connectivity index (χ3v) is 4.18. The van der Waals surface area contributed by atoms with Gasteiger partial charge in [0.2, 0.25) is 0 Å². The van der Waals surface area contributed by atoms with Crippen molar-refractivity contribution in [1.29, 1.82) is 0 Å². The van der Waals surface area contributed by atoms with Crippen molar-refractivity contribution < 1.29 is 18.3 Å². The first kappa shape index (κ1) is 17.0. The summed E-state index contributed by atoms with van der Waals surface area (Å²) in [4.78, 5) is 0. The fourth-order valence-corrected chi connectivity index (χ4v) is 2.74. The summed E-state index contributed by atoms with van der Waals surface area (Å²) >= 11 is 0. The molecule has 4 rings (SSSR count). The lowest BCUT2D eigenvalue weighted by Gasteiger charge is -2.08. The molecule has 4 heteroatoms. The maximum absolute atomic E-state index is 5.71. The van der Waals surface area contributed by atoms with E-state index in [9.17, 15) is 0 Å². The monoisotopic (exact) mass is 360 g/mol. The van der Waals surface area contributed by atoms with Gasteiger partial charge in [0.15, 0.2) is 0 Å². The average Bonchev–Trinajstić information content (AvgIpc) is 3.41. The Morgan fingerprint density at radius 1 is 0.556 bits per heavy atom. The maximum atomic E-state index is 5.71. The Bertz CT molecular complexity index is 841. The van der Waals surface area contributed by atoms with E-state index in [4.69, 9.17) is 18.3 Å². The fraction of sp³-hybridized carbons (Fsp3) is 0.130. The second kappa shape index (κ2) is 8.32. The number of hydrogen-bond donors (Lipinski definition) is 0. The molecule has 0 fully saturated rings. The SMILES string of the molecule is c1coc(COc2ccc(Cc3ccc(OCc4ccco4)cc3)cc2)c1. The standard InChI is InChI=1S/C23H20O4/c1-3-22(24-13-1)16-26-20-9-5-18(6-10-20)15-19-7-11-21(12-8-19)27-17-23-4-2-14-25-23/h1-14H,15-17H2. The largest absolute Gasteiger partial charge is 0.486 e. The predicted molar refractivity (Wildman–Crippen MR) is 102 cm³/mol. The lowest BCUT2D eigenvalue weighted by Crippen LogP contribution is -1.95. The van der Waals surface area contributed by atoms with Crippen molar-refractivity contribution >= 4 is 0 Å². The van der Waals surface area contributed by atoms with Crippen LogP contribution in [0, 0.1) is 0 Å². The molecule has 2 aromatic carbocycles. The van der Waals surface area contributed by atoms with Crippen molar-refractivity contribution in [2.45, 2.75) is 19.6 Å². The molecule has 0 saturated carbocycles. The summed E-state index contributed by atoms with van der Waals surface area (Å²) < 4.78 is 22.0. The van der Waals surface area contributed by atoms with Gasteiger partial charge in [0.05, 0.1) is 12.5 Å². The molecule has 0 amide bonds. The summed E-state index contributed by atoms with van der Waals surface area (Å²) in [6.07, 6.45) is 4.15. The Hall–Kier alpha value is -3.40. The summed E-state index contributed by atoms with van der Waals surface area (Å²) in [5, 5.41) is 0. The van der Waals surface area contributed by atoms with E-state index in [1.807, 2.05) is 48.5 Å². The van der Waals surface area contributed by atoms with Crippen LogP contribution in [0.25, 0.3) is 0 Å². The highest BCUT2D eigenvalue weighted by atomic mass is 16.5. The van der Waals surface area contributed by atoms with E-state index in [1.165, 1.54) is 11.1 Å². The minimum absolute atomic E-state index is 0.436. The molecule has 0 spiro atoms. The Morgan fingerprint density at radius 3 is 1.37 bits per heavy atom. The van der Waals surface area contributed by atoms with Crippen molar-refractivity contribution in [1.82, 2.24) is 0 Å². The van der Waals surface area contributed by atoms with Gasteiger partial charge in [-0.15, -0.1) is 0 Å². The summed E-state index contributed by atoms with van der Waals surface area (Å²) in [6, 6.07) is 23.8. The molecule has 0 aliphatic rings. The predicted octanol–water partition coefficient (Wildman–Crippen LogP) is 5.62. The quantitative estimate of drug-likeness (QED) is 0.409. The van der Waals surface area contributed by atoms with Crippen LogP contribution < -0.4 is 9.47 Å². The van der Waals surface area contributed by atoms with Crippen LogP contribution >= 0.6 is 0 Å². The molecule has 0 atom stereocenters. The van der Waals surface area contributed by atoms with E-state index in [-0.39, 0.29) is 0 Å². The fourth-order valence-electron chi connectivity index (χ4n) is 2.74. The number of benzene rings is 2. The van der Waals surface area contributed by atoms with Gasteiger partial charge >= 0.3 is 0 Å². The van der Waals surface area contributed by atoms with Crippen molar-refractivity contribution in [2.24, 2.45) is 0 Å². The molecule has 27 heavy (non-hydrogen) atoms. The Kier molecular flexibility index (Phi) is 5.25. The first-order valence-corrected chi connectivity index (χ1v) is 8.83. The van der Waals surface area contributed by atoms with Gasteiger partial charge in [-0.25, -0.2) is 0 Å². The second-order valence-electron chi connectivity index (χ2n) is 6.20. The molecular formula is C23H20O4. The van der Waals surface area contributed by atoms with Gasteiger partial charge in [0.1, 0.15) is 36.2 Å². The van der Waals surface area contributed by atoms with E-state index in [0.717, 1.165) is 29.4 Å². The Balaban J connectivity index is 1.29. The van der Waals surface area contributed by atoms with E-state index in [1.54, 1.807) is 12.5 Å². The van der Waals surface area contributed by atoms with Gasteiger partial charge < -0.3 is 18.3 Å². The molecule has 2 heterocycles. The Morgan fingerprint density at radius 2 is 1.00 bits per heavy atom. The zero-order valence-corrected chi connectivity index (χ0v) is 14.8. The third-order valence-electron chi connectivity index (χ3n) is 4.18. The molecule has 4 aromatic rings. The van der Waals surface area contributed by atoms with Crippen LogP contribution in [0.2, 0.25) is 0 Å². The minimum Gasteiger partial charge on any atom is -0.486 e. The first-order valence-electron chi connectivity index (χ1n) is 8.83. The number of rotatable bonds is 8. The van der Waals surface area contributed by atoms with Crippen molar-refractivity contribution in [2.75, 3.05) is 0 Å². The molecule has 0 saturated heterocycles. The van der Waals surface area contributed by atoms with Crippen molar-refractivity contribution in [3.8, 4) is 11.5 Å². The zero-order valence-electron chi connectivity index (χ0n) is 14.8. The number of furan rings is 2. The van der Waals surface area contributed by atoms with Crippen LogP contribution in [0.15, 0.2) is 94.2 Å². The molecule has 0 unspecified atom stereocenters. The second-order valence-corrected chi connectivity index (χ2v) is 6.20. The van der Waals surface area contributed by atoms with Crippen molar-refractivity contribution in [3.63, 3.8) is 0 Å². The van der Waals surface area contributed by atoms with Gasteiger partial charge in [-0.05, 0) is 66.1 Å². The summed E-state index contributed by atoms with van der Waals surface area (Å²) in [7, 11) is 0. The summed E-state index contributed by atoms with van der Waals surface area (Å²) in [5.74, 6) is 3.29. The normalized spacial score (nSPS) is 10.7. The molecule has 0 aliphatic heterocycles. The molecule has 4 nitrogen and oxygen atoms in total. The minimum atomic E-state index is 0.436. The molecule has 136 valence electrons. The van der Waals surface area contributed by atoms with Crippen LogP contribution in [-0.4, -0.2) is 0 Å². The molecule has 2 aromatic heterocycles. The molecule has 0 aliphatic carbocycles. The molecule has 0 N–H and O–H groups in total. The first-order chi connectivity index (χ1) is 13.3. The van der Waals surface area contributed by atoms with Crippen LogP contribution in [0.1, 0.15) is 22.6 Å². The smallest absolute Gasteiger partial charge is 0.146 e. The van der Waals surface area contributed by atoms with E-state index < -0.39 is 0 Å². The summed E-state index contributed by atoms with van der Waals surface area (Å²) in [5.41, 5.74) is 2.45. The highest BCUT2D eigenvalue weighted by Crippen LogP contribution is 2.19. The van der Waals surface area contributed by atoms with Crippen LogP contribution in [0.4, 0.5) is 0 Å². The van der Waals surface area contributed by atoms with Gasteiger partial charge in [-0.1, -0.05) is 24.3 Å². The number of hydrogen-bond acceptors (Lipinski definition) is 4. The van der Waals surface area contributed by atoms with Gasteiger partial charge in [-0.3, -0.25) is 0 Å². The third kappa shape index (κ3) is 4.82. The molecular weight excluding hydrogens is 340 g/mol.